The third-order valence-corrected chi connectivity index (χ3v) is 2.35. The maximum atomic E-state index is 11.6. The van der Waals surface area contributed by atoms with E-state index in [1.54, 1.807) is 19.9 Å². The van der Waals surface area contributed by atoms with Gasteiger partial charge in [0.1, 0.15) is 5.54 Å². The first-order valence-electron chi connectivity index (χ1n) is 5.34. The zero-order chi connectivity index (χ0) is 13.1. The highest BCUT2D eigenvalue weighted by molar-refractivity contribution is 5.80. The van der Waals surface area contributed by atoms with Gasteiger partial charge < -0.3 is 20.7 Å². The Morgan fingerprint density at radius 1 is 1.41 bits per heavy atom. The molecule has 0 unspecified atom stereocenters. The molecule has 0 aliphatic heterocycles. The first-order valence-corrected chi connectivity index (χ1v) is 5.34. The van der Waals surface area contributed by atoms with Crippen molar-refractivity contribution >= 4 is 5.97 Å². The van der Waals surface area contributed by atoms with Gasteiger partial charge in [-0.25, -0.2) is 0 Å². The number of benzene rings is 1. The summed E-state index contributed by atoms with van der Waals surface area (Å²) in [7, 11) is 0. The van der Waals surface area contributed by atoms with Gasteiger partial charge in [-0.3, -0.25) is 4.79 Å². The first kappa shape index (κ1) is 13.3. The lowest BCUT2D eigenvalue weighted by Gasteiger charge is -2.22. The maximum Gasteiger partial charge on any atom is 0.326 e. The van der Waals surface area contributed by atoms with Crippen LogP contribution in [0.15, 0.2) is 18.2 Å². The van der Waals surface area contributed by atoms with Crippen LogP contribution < -0.4 is 5.73 Å². The van der Waals surface area contributed by atoms with Gasteiger partial charge >= 0.3 is 5.97 Å². The summed E-state index contributed by atoms with van der Waals surface area (Å²) in [5.74, 6) is -0.932. The quantitative estimate of drug-likeness (QED) is 0.536. The van der Waals surface area contributed by atoms with E-state index in [0.717, 1.165) is 0 Å². The Balaban J connectivity index is 2.82. The van der Waals surface area contributed by atoms with Crippen LogP contribution in [-0.4, -0.2) is 28.3 Å². The molecule has 0 spiro atoms. The Hall–Kier alpha value is -1.75. The number of esters is 1. The summed E-state index contributed by atoms with van der Waals surface area (Å²) in [6.07, 6.45) is 0.222. The van der Waals surface area contributed by atoms with Crippen LogP contribution in [0.1, 0.15) is 19.4 Å². The second kappa shape index (κ2) is 5.05. The second-order valence-electron chi connectivity index (χ2n) is 4.14. The van der Waals surface area contributed by atoms with Crippen LogP contribution >= 0.6 is 0 Å². The Labute approximate surface area is 99.8 Å². The Bertz CT molecular complexity index is 415. The van der Waals surface area contributed by atoms with Crippen molar-refractivity contribution in [2.45, 2.75) is 25.8 Å². The molecule has 0 saturated heterocycles. The van der Waals surface area contributed by atoms with Gasteiger partial charge in [-0.1, -0.05) is 6.07 Å². The molecule has 1 aromatic rings. The molecule has 17 heavy (non-hydrogen) atoms. The minimum absolute atomic E-state index is 0.205. The van der Waals surface area contributed by atoms with Gasteiger partial charge in [-0.05, 0) is 31.5 Å². The molecule has 5 heteroatoms. The molecule has 0 saturated carbocycles. The van der Waals surface area contributed by atoms with Gasteiger partial charge in [0.2, 0.25) is 0 Å². The fourth-order valence-corrected chi connectivity index (χ4v) is 1.47. The lowest BCUT2D eigenvalue weighted by Crippen LogP contribution is -2.48. The molecule has 0 aromatic heterocycles. The van der Waals surface area contributed by atoms with Crippen LogP contribution in [0.2, 0.25) is 0 Å². The predicted octanol–water partition coefficient (Wildman–Crippen LogP) is 0.921. The molecule has 1 atom stereocenters. The van der Waals surface area contributed by atoms with Gasteiger partial charge in [-0.15, -0.1) is 0 Å². The molecule has 1 rings (SSSR count). The summed E-state index contributed by atoms with van der Waals surface area (Å²) in [5.41, 5.74) is 5.35. The smallest absolute Gasteiger partial charge is 0.326 e. The van der Waals surface area contributed by atoms with Crippen molar-refractivity contribution in [3.05, 3.63) is 23.8 Å². The molecule has 1 aromatic carbocycles. The SMILES string of the molecule is CCOC(=O)[C@@](C)(N)Cc1ccc(O)c(O)c1. The number of aromatic hydroxyl groups is 2. The number of nitrogens with two attached hydrogens (primary N) is 1. The van der Waals surface area contributed by atoms with E-state index >= 15 is 0 Å². The zero-order valence-electron chi connectivity index (χ0n) is 9.93. The van der Waals surface area contributed by atoms with Crippen molar-refractivity contribution < 1.29 is 19.7 Å². The van der Waals surface area contributed by atoms with Crippen LogP contribution in [-0.2, 0) is 16.0 Å². The van der Waals surface area contributed by atoms with Crippen molar-refractivity contribution in [1.29, 1.82) is 0 Å². The summed E-state index contributed by atoms with van der Waals surface area (Å²) in [6, 6.07) is 4.32. The van der Waals surface area contributed by atoms with E-state index in [9.17, 15) is 9.90 Å². The van der Waals surface area contributed by atoms with Crippen molar-refractivity contribution in [1.82, 2.24) is 0 Å². The number of carbonyl (C=O) groups is 1. The van der Waals surface area contributed by atoms with Gasteiger partial charge in [0.05, 0.1) is 6.61 Å². The summed E-state index contributed by atoms with van der Waals surface area (Å²) in [5, 5.41) is 18.5. The Morgan fingerprint density at radius 3 is 2.59 bits per heavy atom. The summed E-state index contributed by atoms with van der Waals surface area (Å²) < 4.78 is 4.86. The van der Waals surface area contributed by atoms with Gasteiger partial charge in [0.15, 0.2) is 11.5 Å². The fraction of sp³-hybridized carbons (Fsp3) is 0.417. The highest BCUT2D eigenvalue weighted by Crippen LogP contribution is 2.26. The molecule has 94 valence electrons. The topological polar surface area (TPSA) is 92.8 Å². The van der Waals surface area contributed by atoms with E-state index in [1.165, 1.54) is 12.1 Å². The summed E-state index contributed by atoms with van der Waals surface area (Å²) >= 11 is 0. The van der Waals surface area contributed by atoms with Crippen molar-refractivity contribution in [2.75, 3.05) is 6.61 Å². The van der Waals surface area contributed by atoms with Crippen LogP contribution in [0.4, 0.5) is 0 Å². The number of rotatable bonds is 4. The molecule has 0 amide bonds. The minimum Gasteiger partial charge on any atom is -0.504 e. The largest absolute Gasteiger partial charge is 0.504 e. The molecule has 0 aliphatic rings. The highest BCUT2D eigenvalue weighted by Gasteiger charge is 2.30. The average molecular weight is 239 g/mol. The van der Waals surface area contributed by atoms with E-state index in [0.29, 0.717) is 5.56 Å². The predicted molar refractivity (Wildman–Crippen MR) is 62.7 cm³/mol. The third-order valence-electron chi connectivity index (χ3n) is 2.35. The molecule has 0 fully saturated rings. The average Bonchev–Trinajstić information content (AvgIpc) is 2.23. The lowest BCUT2D eigenvalue weighted by atomic mass is 9.94. The number of phenolic OH excluding ortho intramolecular Hbond substituents is 2. The standard InChI is InChI=1S/C12H17NO4/c1-3-17-11(16)12(2,13)7-8-4-5-9(14)10(15)6-8/h4-6,14-15H,3,7,13H2,1-2H3/t12-/m0/s1. The first-order chi connectivity index (χ1) is 7.86. The third kappa shape index (κ3) is 3.35. The lowest BCUT2D eigenvalue weighted by molar-refractivity contribution is -0.148. The van der Waals surface area contributed by atoms with Crippen molar-refractivity contribution in [3.8, 4) is 11.5 Å². The monoisotopic (exact) mass is 239 g/mol. The van der Waals surface area contributed by atoms with Crippen LogP contribution in [0.3, 0.4) is 0 Å². The molecule has 0 aliphatic carbocycles. The van der Waals surface area contributed by atoms with E-state index in [4.69, 9.17) is 15.6 Å². The molecule has 4 N–H and O–H groups in total. The van der Waals surface area contributed by atoms with Crippen LogP contribution in [0.5, 0.6) is 11.5 Å². The molecule has 0 bridgehead atoms. The molecular weight excluding hydrogens is 222 g/mol. The molecule has 0 radical (unpaired) electrons. The summed E-state index contributed by atoms with van der Waals surface area (Å²) in [4.78, 5) is 11.6. The number of ether oxygens (including phenoxy) is 1. The minimum atomic E-state index is -1.15. The number of hydrogen-bond acceptors (Lipinski definition) is 5. The normalized spacial score (nSPS) is 14.1. The van der Waals surface area contributed by atoms with E-state index < -0.39 is 11.5 Å². The van der Waals surface area contributed by atoms with E-state index in [-0.39, 0.29) is 24.5 Å². The van der Waals surface area contributed by atoms with Gasteiger partial charge in [0.25, 0.3) is 0 Å². The van der Waals surface area contributed by atoms with Crippen LogP contribution in [0, 0.1) is 0 Å². The summed E-state index contributed by atoms with van der Waals surface area (Å²) in [6.45, 7) is 3.54. The fourth-order valence-electron chi connectivity index (χ4n) is 1.47. The molecular formula is C12H17NO4. The molecule has 5 nitrogen and oxygen atoms in total. The van der Waals surface area contributed by atoms with E-state index in [1.807, 2.05) is 0 Å². The zero-order valence-corrected chi connectivity index (χ0v) is 9.93. The van der Waals surface area contributed by atoms with Crippen molar-refractivity contribution in [2.24, 2.45) is 5.73 Å². The Morgan fingerprint density at radius 2 is 2.06 bits per heavy atom. The Kier molecular flexibility index (Phi) is 3.96. The van der Waals surface area contributed by atoms with Crippen molar-refractivity contribution in [3.63, 3.8) is 0 Å². The number of carbonyl (C=O) groups excluding carboxylic acids is 1. The number of hydrogen-bond donors (Lipinski definition) is 3. The van der Waals surface area contributed by atoms with Gasteiger partial charge in [0, 0.05) is 6.42 Å². The van der Waals surface area contributed by atoms with Crippen LogP contribution in [0.25, 0.3) is 0 Å². The van der Waals surface area contributed by atoms with E-state index in [2.05, 4.69) is 0 Å². The second-order valence-corrected chi connectivity index (χ2v) is 4.14. The van der Waals surface area contributed by atoms with Gasteiger partial charge in [-0.2, -0.15) is 0 Å². The number of phenols is 2. The molecule has 0 heterocycles. The highest BCUT2D eigenvalue weighted by atomic mass is 16.5. The maximum absolute atomic E-state index is 11.6.